The summed E-state index contributed by atoms with van der Waals surface area (Å²) in [6.45, 7) is 1.31. The summed E-state index contributed by atoms with van der Waals surface area (Å²) >= 11 is 0. The zero-order valence-electron chi connectivity index (χ0n) is 14.5. The van der Waals surface area contributed by atoms with Crippen LogP contribution in [0.5, 0.6) is 5.75 Å². The summed E-state index contributed by atoms with van der Waals surface area (Å²) < 4.78 is 44.9. The number of rotatable bonds is 4. The number of hydrazine groups is 1. The van der Waals surface area contributed by atoms with Crippen LogP contribution in [0.4, 0.5) is 18.9 Å². The van der Waals surface area contributed by atoms with Crippen molar-refractivity contribution < 1.29 is 22.7 Å². The van der Waals surface area contributed by atoms with Crippen molar-refractivity contribution >= 4 is 11.6 Å². The van der Waals surface area contributed by atoms with Crippen LogP contribution in [-0.2, 0) is 6.18 Å². The molecule has 0 bridgehead atoms. The SMILES string of the molecule is NNC(=O)c1ccc(N2CCC(Oc3ccccc3C(F)(F)F)CC2)cc1. The summed E-state index contributed by atoms with van der Waals surface area (Å²) in [5, 5.41) is 0. The van der Waals surface area contributed by atoms with Gasteiger partial charge >= 0.3 is 6.18 Å². The maximum atomic E-state index is 13.1. The minimum atomic E-state index is -4.44. The molecule has 5 nitrogen and oxygen atoms in total. The van der Waals surface area contributed by atoms with E-state index in [0.29, 0.717) is 31.5 Å². The highest BCUT2D eigenvalue weighted by Gasteiger charge is 2.35. The van der Waals surface area contributed by atoms with Crippen molar-refractivity contribution in [1.29, 1.82) is 0 Å². The van der Waals surface area contributed by atoms with Gasteiger partial charge in [-0.1, -0.05) is 12.1 Å². The molecule has 0 radical (unpaired) electrons. The number of nitrogens with two attached hydrogens (primary N) is 1. The van der Waals surface area contributed by atoms with Crippen LogP contribution in [0.3, 0.4) is 0 Å². The molecule has 1 amide bonds. The van der Waals surface area contributed by atoms with Crippen molar-refractivity contribution in [2.75, 3.05) is 18.0 Å². The van der Waals surface area contributed by atoms with Crippen molar-refractivity contribution in [2.45, 2.75) is 25.1 Å². The number of ether oxygens (including phenoxy) is 1. The van der Waals surface area contributed by atoms with E-state index in [-0.39, 0.29) is 17.8 Å². The first kappa shape index (κ1) is 19.0. The number of halogens is 3. The third kappa shape index (κ3) is 4.51. The summed E-state index contributed by atoms with van der Waals surface area (Å²) in [5.74, 6) is 4.62. The Balaban J connectivity index is 1.61. The van der Waals surface area contributed by atoms with Gasteiger partial charge in [-0.05, 0) is 36.4 Å². The van der Waals surface area contributed by atoms with Gasteiger partial charge in [0.2, 0.25) is 0 Å². The number of amides is 1. The molecule has 8 heteroatoms. The van der Waals surface area contributed by atoms with E-state index in [0.717, 1.165) is 11.8 Å². The number of carbonyl (C=O) groups excluding carboxylic acids is 1. The van der Waals surface area contributed by atoms with Crippen LogP contribution in [0.2, 0.25) is 0 Å². The van der Waals surface area contributed by atoms with Gasteiger partial charge in [-0.3, -0.25) is 10.2 Å². The summed E-state index contributed by atoms with van der Waals surface area (Å²) in [6.07, 6.45) is -3.49. The number of para-hydroxylation sites is 1. The molecule has 1 saturated heterocycles. The first-order chi connectivity index (χ1) is 12.9. The lowest BCUT2D eigenvalue weighted by Crippen LogP contribution is -2.38. The van der Waals surface area contributed by atoms with Crippen LogP contribution >= 0.6 is 0 Å². The van der Waals surface area contributed by atoms with Gasteiger partial charge in [0.1, 0.15) is 11.9 Å². The molecule has 2 aromatic carbocycles. The van der Waals surface area contributed by atoms with Gasteiger partial charge < -0.3 is 9.64 Å². The largest absolute Gasteiger partial charge is 0.490 e. The van der Waals surface area contributed by atoms with E-state index < -0.39 is 11.7 Å². The number of hydrogen-bond donors (Lipinski definition) is 2. The standard InChI is InChI=1S/C19H20F3N3O2/c20-19(21,22)16-3-1-2-4-17(16)27-15-9-11-25(12-10-15)14-7-5-13(6-8-14)18(26)24-23/h1-8,15H,9-12,23H2,(H,24,26). The average molecular weight is 379 g/mol. The van der Waals surface area contributed by atoms with Gasteiger partial charge in [-0.25, -0.2) is 5.84 Å². The molecule has 0 spiro atoms. The molecule has 0 aliphatic carbocycles. The number of nitrogens with zero attached hydrogens (tertiary/aromatic N) is 1. The minimum absolute atomic E-state index is 0.124. The van der Waals surface area contributed by atoms with E-state index in [9.17, 15) is 18.0 Å². The van der Waals surface area contributed by atoms with E-state index in [4.69, 9.17) is 10.6 Å². The molecule has 0 aromatic heterocycles. The van der Waals surface area contributed by atoms with Crippen molar-refractivity contribution in [3.05, 3.63) is 59.7 Å². The second kappa shape index (κ2) is 7.87. The van der Waals surface area contributed by atoms with Crippen molar-refractivity contribution in [3.63, 3.8) is 0 Å². The predicted octanol–water partition coefficient (Wildman–Crippen LogP) is 3.36. The minimum Gasteiger partial charge on any atom is -0.490 e. The Bertz CT molecular complexity index is 786. The fourth-order valence-corrected chi connectivity index (χ4v) is 3.12. The molecule has 0 unspecified atom stereocenters. The second-order valence-corrected chi connectivity index (χ2v) is 6.32. The zero-order valence-corrected chi connectivity index (χ0v) is 14.5. The fourth-order valence-electron chi connectivity index (χ4n) is 3.12. The van der Waals surface area contributed by atoms with E-state index in [1.165, 1.54) is 12.1 Å². The first-order valence-corrected chi connectivity index (χ1v) is 8.57. The van der Waals surface area contributed by atoms with Crippen LogP contribution in [0.1, 0.15) is 28.8 Å². The van der Waals surface area contributed by atoms with Crippen LogP contribution in [0.15, 0.2) is 48.5 Å². The van der Waals surface area contributed by atoms with E-state index >= 15 is 0 Å². The van der Waals surface area contributed by atoms with Crippen LogP contribution in [0.25, 0.3) is 0 Å². The second-order valence-electron chi connectivity index (χ2n) is 6.32. The monoisotopic (exact) mass is 379 g/mol. The number of anilines is 1. The Kier molecular flexibility index (Phi) is 5.55. The number of benzene rings is 2. The lowest BCUT2D eigenvalue weighted by molar-refractivity contribution is -0.139. The van der Waals surface area contributed by atoms with Gasteiger partial charge in [0, 0.05) is 37.2 Å². The quantitative estimate of drug-likeness (QED) is 0.486. The van der Waals surface area contributed by atoms with Crippen molar-refractivity contribution in [1.82, 2.24) is 5.43 Å². The molecule has 3 rings (SSSR count). The van der Waals surface area contributed by atoms with Crippen molar-refractivity contribution in [2.24, 2.45) is 5.84 Å². The Morgan fingerprint density at radius 1 is 1.07 bits per heavy atom. The van der Waals surface area contributed by atoms with Gasteiger partial charge in [0.05, 0.1) is 5.56 Å². The molecule has 1 fully saturated rings. The highest BCUT2D eigenvalue weighted by molar-refractivity contribution is 5.94. The topological polar surface area (TPSA) is 67.6 Å². The lowest BCUT2D eigenvalue weighted by Gasteiger charge is -2.34. The highest BCUT2D eigenvalue weighted by Crippen LogP contribution is 2.37. The van der Waals surface area contributed by atoms with Crippen LogP contribution in [0, 0.1) is 0 Å². The zero-order chi connectivity index (χ0) is 19.4. The molecule has 27 heavy (non-hydrogen) atoms. The molecule has 1 aliphatic rings. The summed E-state index contributed by atoms with van der Waals surface area (Å²) in [7, 11) is 0. The van der Waals surface area contributed by atoms with E-state index in [1.807, 2.05) is 12.1 Å². The van der Waals surface area contributed by atoms with E-state index in [2.05, 4.69) is 10.3 Å². The molecular weight excluding hydrogens is 359 g/mol. The molecule has 0 atom stereocenters. The smallest absolute Gasteiger partial charge is 0.419 e. The number of nitrogens with one attached hydrogen (secondary N) is 1. The summed E-state index contributed by atoms with van der Waals surface area (Å²) in [6, 6.07) is 12.3. The van der Waals surface area contributed by atoms with Crippen LogP contribution in [-0.4, -0.2) is 25.1 Å². The number of piperidine rings is 1. The molecular formula is C19H20F3N3O2. The molecule has 1 heterocycles. The fraction of sp³-hybridized carbons (Fsp3) is 0.316. The normalized spacial score (nSPS) is 15.5. The predicted molar refractivity (Wildman–Crippen MR) is 95.4 cm³/mol. The number of carbonyl (C=O) groups is 1. The average Bonchev–Trinajstić information content (AvgIpc) is 2.68. The third-order valence-electron chi connectivity index (χ3n) is 4.55. The molecule has 3 N–H and O–H groups in total. The molecule has 0 saturated carbocycles. The van der Waals surface area contributed by atoms with E-state index in [1.54, 1.807) is 18.2 Å². The summed E-state index contributed by atoms with van der Waals surface area (Å²) in [5.41, 5.74) is 2.73. The lowest BCUT2D eigenvalue weighted by atomic mass is 10.1. The van der Waals surface area contributed by atoms with Gasteiger partial charge in [-0.2, -0.15) is 13.2 Å². The number of nitrogen functional groups attached to an aromatic ring is 1. The summed E-state index contributed by atoms with van der Waals surface area (Å²) in [4.78, 5) is 13.6. The Morgan fingerprint density at radius 2 is 1.70 bits per heavy atom. The van der Waals surface area contributed by atoms with Gasteiger partial charge in [0.15, 0.2) is 0 Å². The molecule has 2 aromatic rings. The maximum Gasteiger partial charge on any atom is 0.419 e. The highest BCUT2D eigenvalue weighted by atomic mass is 19.4. The first-order valence-electron chi connectivity index (χ1n) is 8.57. The Hall–Kier alpha value is -2.74. The third-order valence-corrected chi connectivity index (χ3v) is 4.55. The number of alkyl halides is 3. The van der Waals surface area contributed by atoms with Crippen molar-refractivity contribution in [3.8, 4) is 5.75 Å². The number of hydrogen-bond acceptors (Lipinski definition) is 4. The van der Waals surface area contributed by atoms with Gasteiger partial charge in [-0.15, -0.1) is 0 Å². The van der Waals surface area contributed by atoms with Crippen LogP contribution < -0.4 is 20.9 Å². The van der Waals surface area contributed by atoms with Gasteiger partial charge in [0.25, 0.3) is 5.91 Å². The molecule has 144 valence electrons. The maximum absolute atomic E-state index is 13.1. The Labute approximate surface area is 154 Å². The Morgan fingerprint density at radius 3 is 2.30 bits per heavy atom. The molecule has 1 aliphatic heterocycles.